The van der Waals surface area contributed by atoms with Gasteiger partial charge >= 0.3 is 0 Å². The average Bonchev–Trinajstić information content (AvgIpc) is 2.77. The Bertz CT molecular complexity index is 343. The van der Waals surface area contributed by atoms with Crippen molar-refractivity contribution >= 4 is 0 Å². The number of allylic oxidation sites excluding steroid dienone is 2. The SMILES string of the molecule is CCn1ccnc1C(O)C1CC=CCC1. The third-order valence-electron chi connectivity index (χ3n) is 3.11. The lowest BCUT2D eigenvalue weighted by Crippen LogP contribution is -2.18. The van der Waals surface area contributed by atoms with Gasteiger partial charge in [-0.25, -0.2) is 4.98 Å². The van der Waals surface area contributed by atoms with Crippen LogP contribution in [0.1, 0.15) is 38.1 Å². The van der Waals surface area contributed by atoms with E-state index in [9.17, 15) is 5.11 Å². The molecular formula is C12H18N2O. The number of aromatic nitrogens is 2. The van der Waals surface area contributed by atoms with Gasteiger partial charge in [-0.3, -0.25) is 0 Å². The molecule has 1 aliphatic rings. The van der Waals surface area contributed by atoms with Crippen molar-refractivity contribution in [3.05, 3.63) is 30.4 Å². The van der Waals surface area contributed by atoms with Crippen LogP contribution in [0.4, 0.5) is 0 Å². The van der Waals surface area contributed by atoms with Crippen molar-refractivity contribution in [2.24, 2.45) is 5.92 Å². The van der Waals surface area contributed by atoms with Crippen LogP contribution in [0, 0.1) is 5.92 Å². The second kappa shape index (κ2) is 4.62. The molecule has 82 valence electrons. The zero-order valence-electron chi connectivity index (χ0n) is 9.13. The summed E-state index contributed by atoms with van der Waals surface area (Å²) in [6.45, 7) is 2.94. The molecule has 15 heavy (non-hydrogen) atoms. The van der Waals surface area contributed by atoms with Gasteiger partial charge in [0.1, 0.15) is 11.9 Å². The molecular weight excluding hydrogens is 188 g/mol. The van der Waals surface area contributed by atoms with E-state index in [1.54, 1.807) is 6.20 Å². The number of nitrogens with zero attached hydrogens (tertiary/aromatic N) is 2. The maximum atomic E-state index is 10.2. The van der Waals surface area contributed by atoms with Crippen LogP contribution in [0.3, 0.4) is 0 Å². The summed E-state index contributed by atoms with van der Waals surface area (Å²) in [7, 11) is 0. The Labute approximate surface area is 90.5 Å². The highest BCUT2D eigenvalue weighted by atomic mass is 16.3. The molecule has 2 rings (SSSR count). The number of imidazole rings is 1. The van der Waals surface area contributed by atoms with Crippen molar-refractivity contribution in [1.29, 1.82) is 0 Å². The van der Waals surface area contributed by atoms with Gasteiger partial charge in [0, 0.05) is 18.9 Å². The lowest BCUT2D eigenvalue weighted by Gasteiger charge is -2.23. The topological polar surface area (TPSA) is 38.0 Å². The van der Waals surface area contributed by atoms with Crippen LogP contribution in [-0.4, -0.2) is 14.7 Å². The molecule has 1 N–H and O–H groups in total. The molecule has 3 heteroatoms. The molecule has 3 nitrogen and oxygen atoms in total. The Morgan fingerprint density at radius 3 is 3.13 bits per heavy atom. The van der Waals surface area contributed by atoms with Gasteiger partial charge in [-0.1, -0.05) is 12.2 Å². The first kappa shape index (κ1) is 10.4. The summed E-state index contributed by atoms with van der Waals surface area (Å²) in [5.41, 5.74) is 0. The first-order valence-electron chi connectivity index (χ1n) is 5.67. The minimum atomic E-state index is -0.412. The minimum absolute atomic E-state index is 0.336. The van der Waals surface area contributed by atoms with Crippen LogP contribution >= 0.6 is 0 Å². The van der Waals surface area contributed by atoms with E-state index in [4.69, 9.17) is 0 Å². The van der Waals surface area contributed by atoms with Crippen LogP contribution in [0.25, 0.3) is 0 Å². The normalized spacial score (nSPS) is 22.9. The lowest BCUT2D eigenvalue weighted by atomic mass is 9.89. The fraction of sp³-hybridized carbons (Fsp3) is 0.583. The molecule has 1 aliphatic carbocycles. The zero-order chi connectivity index (χ0) is 10.7. The van der Waals surface area contributed by atoms with E-state index in [2.05, 4.69) is 24.1 Å². The van der Waals surface area contributed by atoms with E-state index in [0.717, 1.165) is 31.6 Å². The quantitative estimate of drug-likeness (QED) is 0.770. The first-order valence-corrected chi connectivity index (χ1v) is 5.67. The summed E-state index contributed by atoms with van der Waals surface area (Å²) in [6.07, 6.45) is 10.7. The molecule has 1 aromatic rings. The zero-order valence-corrected chi connectivity index (χ0v) is 9.13. The first-order chi connectivity index (χ1) is 7.33. The number of rotatable bonds is 3. The number of aliphatic hydroxyl groups excluding tert-OH is 1. The van der Waals surface area contributed by atoms with Crippen LogP contribution < -0.4 is 0 Å². The molecule has 0 spiro atoms. The maximum absolute atomic E-state index is 10.2. The molecule has 0 bridgehead atoms. The van der Waals surface area contributed by atoms with Gasteiger partial charge < -0.3 is 9.67 Å². The molecule has 1 heterocycles. The summed E-state index contributed by atoms with van der Waals surface area (Å²) < 4.78 is 2.02. The fourth-order valence-corrected chi connectivity index (χ4v) is 2.17. The number of hydrogen-bond acceptors (Lipinski definition) is 2. The molecule has 2 unspecified atom stereocenters. The Morgan fingerprint density at radius 2 is 2.47 bits per heavy atom. The minimum Gasteiger partial charge on any atom is -0.385 e. The van der Waals surface area contributed by atoms with E-state index < -0.39 is 6.10 Å². The van der Waals surface area contributed by atoms with Crippen molar-refractivity contribution < 1.29 is 5.11 Å². The maximum Gasteiger partial charge on any atom is 0.137 e. The van der Waals surface area contributed by atoms with Gasteiger partial charge in [-0.15, -0.1) is 0 Å². The molecule has 0 saturated carbocycles. The summed E-state index contributed by atoms with van der Waals surface area (Å²) in [5.74, 6) is 1.15. The highest BCUT2D eigenvalue weighted by Crippen LogP contribution is 2.30. The van der Waals surface area contributed by atoms with E-state index in [1.807, 2.05) is 10.8 Å². The number of aryl methyl sites for hydroxylation is 1. The van der Waals surface area contributed by atoms with E-state index in [1.165, 1.54) is 0 Å². The van der Waals surface area contributed by atoms with Crippen molar-refractivity contribution in [3.8, 4) is 0 Å². The molecule has 0 aliphatic heterocycles. The molecule has 0 aromatic carbocycles. The van der Waals surface area contributed by atoms with Gasteiger partial charge in [0.05, 0.1) is 0 Å². The predicted molar refractivity (Wildman–Crippen MR) is 59.3 cm³/mol. The van der Waals surface area contributed by atoms with Crippen LogP contribution in [0.15, 0.2) is 24.5 Å². The smallest absolute Gasteiger partial charge is 0.137 e. The molecule has 2 atom stereocenters. The Kier molecular flexibility index (Phi) is 3.21. The molecule has 0 saturated heterocycles. The van der Waals surface area contributed by atoms with Crippen molar-refractivity contribution in [3.63, 3.8) is 0 Å². The highest BCUT2D eigenvalue weighted by molar-refractivity contribution is 5.02. The van der Waals surface area contributed by atoms with Gasteiger partial charge in [0.2, 0.25) is 0 Å². The Morgan fingerprint density at radius 1 is 1.60 bits per heavy atom. The van der Waals surface area contributed by atoms with Crippen molar-refractivity contribution in [2.75, 3.05) is 0 Å². The van der Waals surface area contributed by atoms with E-state index >= 15 is 0 Å². The molecule has 1 aromatic heterocycles. The second-order valence-electron chi connectivity index (χ2n) is 4.06. The lowest BCUT2D eigenvalue weighted by molar-refractivity contribution is 0.0906. The van der Waals surface area contributed by atoms with Crippen molar-refractivity contribution in [1.82, 2.24) is 9.55 Å². The summed E-state index contributed by atoms with van der Waals surface area (Å²) in [4.78, 5) is 4.25. The van der Waals surface area contributed by atoms with Gasteiger partial charge in [0.15, 0.2) is 0 Å². The second-order valence-corrected chi connectivity index (χ2v) is 4.06. The standard InChI is InChI=1S/C12H18N2O/c1-2-14-9-8-13-12(14)11(15)10-6-4-3-5-7-10/h3-4,8-11,15H,2,5-7H2,1H3. The van der Waals surface area contributed by atoms with Gasteiger partial charge in [-0.2, -0.15) is 0 Å². The van der Waals surface area contributed by atoms with Crippen LogP contribution in [0.2, 0.25) is 0 Å². The number of aliphatic hydroxyl groups is 1. The van der Waals surface area contributed by atoms with Crippen LogP contribution in [0.5, 0.6) is 0 Å². The Hall–Kier alpha value is -1.09. The van der Waals surface area contributed by atoms with Gasteiger partial charge in [-0.05, 0) is 32.1 Å². The third-order valence-corrected chi connectivity index (χ3v) is 3.11. The molecule has 0 amide bonds. The third kappa shape index (κ3) is 2.12. The molecule has 0 radical (unpaired) electrons. The summed E-state index contributed by atoms with van der Waals surface area (Å²) in [6, 6.07) is 0. The van der Waals surface area contributed by atoms with E-state index in [-0.39, 0.29) is 0 Å². The van der Waals surface area contributed by atoms with E-state index in [0.29, 0.717) is 5.92 Å². The monoisotopic (exact) mass is 206 g/mol. The molecule has 0 fully saturated rings. The predicted octanol–water partition coefficient (Wildman–Crippen LogP) is 2.29. The Balaban J connectivity index is 2.12. The summed E-state index contributed by atoms with van der Waals surface area (Å²) in [5, 5.41) is 10.2. The van der Waals surface area contributed by atoms with Gasteiger partial charge in [0.25, 0.3) is 0 Å². The number of hydrogen-bond donors (Lipinski definition) is 1. The highest BCUT2D eigenvalue weighted by Gasteiger charge is 2.24. The largest absolute Gasteiger partial charge is 0.385 e. The summed E-state index contributed by atoms with van der Waals surface area (Å²) >= 11 is 0. The average molecular weight is 206 g/mol. The van der Waals surface area contributed by atoms with Crippen molar-refractivity contribution in [2.45, 2.75) is 38.8 Å². The fourth-order valence-electron chi connectivity index (χ4n) is 2.17. The van der Waals surface area contributed by atoms with Crippen LogP contribution in [-0.2, 0) is 6.54 Å².